The van der Waals surface area contributed by atoms with Crippen LogP contribution in [0.2, 0.25) is 0 Å². The molecule has 2 fully saturated rings. The van der Waals surface area contributed by atoms with Crippen molar-refractivity contribution >= 4 is 12.0 Å². The van der Waals surface area contributed by atoms with Gasteiger partial charge in [0.05, 0.1) is 6.54 Å². The first kappa shape index (κ1) is 15.1. The Morgan fingerprint density at radius 1 is 1.05 bits per heavy atom. The molecule has 0 aromatic heterocycles. The lowest BCUT2D eigenvalue weighted by molar-refractivity contribution is -0.138. The van der Waals surface area contributed by atoms with Gasteiger partial charge in [-0.25, -0.2) is 4.79 Å². The molecule has 1 unspecified atom stereocenters. The average Bonchev–Trinajstić information content (AvgIpc) is 2.41. The average molecular weight is 284 g/mol. The highest BCUT2D eigenvalue weighted by Crippen LogP contribution is 2.11. The molecule has 2 amide bonds. The molecule has 0 aliphatic carbocycles. The Kier molecular flexibility index (Phi) is 4.82. The summed E-state index contributed by atoms with van der Waals surface area (Å²) in [6.07, 6.45) is 0. The maximum Gasteiger partial charge on any atom is 0.320 e. The van der Waals surface area contributed by atoms with E-state index in [0.29, 0.717) is 32.2 Å². The highest BCUT2D eigenvalue weighted by molar-refractivity contribution is 5.75. The molecule has 1 atom stereocenters. The van der Waals surface area contributed by atoms with E-state index < -0.39 is 5.97 Å². The molecule has 2 heterocycles. The van der Waals surface area contributed by atoms with Crippen LogP contribution in [-0.4, -0.2) is 102 Å². The number of hydrogen-bond acceptors (Lipinski definition) is 4. The Hall–Kier alpha value is -1.34. The van der Waals surface area contributed by atoms with Crippen LogP contribution in [0.4, 0.5) is 4.79 Å². The van der Waals surface area contributed by atoms with Gasteiger partial charge in [-0.2, -0.15) is 0 Å². The lowest BCUT2D eigenvalue weighted by Crippen LogP contribution is -2.58. The summed E-state index contributed by atoms with van der Waals surface area (Å²) >= 11 is 0. The van der Waals surface area contributed by atoms with Gasteiger partial charge < -0.3 is 19.8 Å². The van der Waals surface area contributed by atoms with Gasteiger partial charge in [-0.05, 0) is 14.0 Å². The van der Waals surface area contributed by atoms with Gasteiger partial charge in [-0.3, -0.25) is 9.69 Å². The number of likely N-dealkylation sites (N-methyl/N-ethyl adjacent to an activating group) is 1. The van der Waals surface area contributed by atoms with Crippen molar-refractivity contribution in [3.8, 4) is 0 Å². The molecule has 0 spiro atoms. The maximum atomic E-state index is 12.4. The van der Waals surface area contributed by atoms with Gasteiger partial charge in [0.2, 0.25) is 0 Å². The quantitative estimate of drug-likeness (QED) is 0.736. The van der Waals surface area contributed by atoms with E-state index in [1.165, 1.54) is 0 Å². The number of carboxylic acids is 1. The second-order valence-corrected chi connectivity index (χ2v) is 5.72. The smallest absolute Gasteiger partial charge is 0.320 e. The van der Waals surface area contributed by atoms with Gasteiger partial charge >= 0.3 is 12.0 Å². The second-order valence-electron chi connectivity index (χ2n) is 5.72. The first-order valence-corrected chi connectivity index (χ1v) is 7.15. The molecular formula is C13H24N4O3. The number of carbonyl (C=O) groups excluding carboxylic acids is 1. The van der Waals surface area contributed by atoms with Crippen LogP contribution >= 0.6 is 0 Å². The molecule has 2 aliphatic heterocycles. The number of carboxylic acid groups (broad SMARTS) is 1. The fourth-order valence-electron chi connectivity index (χ4n) is 2.71. The summed E-state index contributed by atoms with van der Waals surface area (Å²) in [4.78, 5) is 31.0. The third kappa shape index (κ3) is 3.61. The Bertz CT molecular complexity index is 369. The van der Waals surface area contributed by atoms with E-state index in [2.05, 4.69) is 18.9 Å². The molecule has 114 valence electrons. The Morgan fingerprint density at radius 2 is 1.65 bits per heavy atom. The van der Waals surface area contributed by atoms with Gasteiger partial charge in [0, 0.05) is 51.9 Å². The van der Waals surface area contributed by atoms with Crippen molar-refractivity contribution in [2.75, 3.05) is 59.4 Å². The minimum atomic E-state index is -0.808. The summed E-state index contributed by atoms with van der Waals surface area (Å²) in [5, 5.41) is 8.76. The minimum absolute atomic E-state index is 0.0631. The summed E-state index contributed by atoms with van der Waals surface area (Å²) < 4.78 is 0. The SMILES string of the molecule is CC1CN(C(=O)N2CCN(CC(=O)O)CC2)CCN1C. The topological polar surface area (TPSA) is 67.3 Å². The molecule has 0 aromatic rings. The molecule has 2 saturated heterocycles. The Morgan fingerprint density at radius 3 is 2.20 bits per heavy atom. The van der Waals surface area contributed by atoms with E-state index in [1.807, 2.05) is 14.7 Å². The third-order valence-corrected chi connectivity index (χ3v) is 4.23. The van der Waals surface area contributed by atoms with Crippen molar-refractivity contribution in [3.05, 3.63) is 0 Å². The fraction of sp³-hybridized carbons (Fsp3) is 0.846. The first-order chi connectivity index (χ1) is 9.47. The molecule has 2 aliphatic rings. The predicted molar refractivity (Wildman–Crippen MR) is 74.7 cm³/mol. The fourth-order valence-corrected chi connectivity index (χ4v) is 2.71. The number of urea groups is 1. The molecule has 0 saturated carbocycles. The van der Waals surface area contributed by atoms with E-state index in [9.17, 15) is 9.59 Å². The zero-order chi connectivity index (χ0) is 14.7. The molecule has 0 radical (unpaired) electrons. The summed E-state index contributed by atoms with van der Waals surface area (Å²) in [6, 6.07) is 0.487. The molecule has 20 heavy (non-hydrogen) atoms. The van der Waals surface area contributed by atoms with Crippen LogP contribution in [0.3, 0.4) is 0 Å². The number of rotatable bonds is 2. The van der Waals surface area contributed by atoms with Crippen molar-refractivity contribution in [2.45, 2.75) is 13.0 Å². The van der Waals surface area contributed by atoms with E-state index in [1.54, 1.807) is 0 Å². The van der Waals surface area contributed by atoms with Crippen LogP contribution in [-0.2, 0) is 4.79 Å². The summed E-state index contributed by atoms with van der Waals surface area (Å²) in [5.41, 5.74) is 0. The monoisotopic (exact) mass is 284 g/mol. The van der Waals surface area contributed by atoms with Gasteiger partial charge in [-0.15, -0.1) is 0 Å². The number of carbonyl (C=O) groups is 2. The zero-order valence-electron chi connectivity index (χ0n) is 12.3. The van der Waals surface area contributed by atoms with E-state index in [-0.39, 0.29) is 12.6 Å². The van der Waals surface area contributed by atoms with Crippen molar-refractivity contribution in [2.24, 2.45) is 0 Å². The number of hydrogen-bond donors (Lipinski definition) is 1. The van der Waals surface area contributed by atoms with Crippen LogP contribution in [0, 0.1) is 0 Å². The van der Waals surface area contributed by atoms with Gasteiger partial charge in [0.25, 0.3) is 0 Å². The Balaban J connectivity index is 1.81. The number of amides is 2. The lowest BCUT2D eigenvalue weighted by Gasteiger charge is -2.42. The van der Waals surface area contributed by atoms with Gasteiger partial charge in [0.1, 0.15) is 0 Å². The molecule has 1 N–H and O–H groups in total. The molecule has 7 heteroatoms. The number of aliphatic carboxylic acids is 1. The van der Waals surface area contributed by atoms with Crippen molar-refractivity contribution in [3.63, 3.8) is 0 Å². The van der Waals surface area contributed by atoms with E-state index in [4.69, 9.17) is 5.11 Å². The van der Waals surface area contributed by atoms with Crippen LogP contribution in [0.5, 0.6) is 0 Å². The second kappa shape index (κ2) is 6.41. The predicted octanol–water partition coefficient (Wildman–Crippen LogP) is -0.555. The zero-order valence-corrected chi connectivity index (χ0v) is 12.3. The number of piperazine rings is 2. The Labute approximate surface area is 119 Å². The van der Waals surface area contributed by atoms with Crippen LogP contribution in [0.1, 0.15) is 6.92 Å². The molecule has 0 bridgehead atoms. The van der Waals surface area contributed by atoms with Gasteiger partial charge in [-0.1, -0.05) is 0 Å². The standard InChI is InChI=1S/C13H24N4O3/c1-11-9-17(6-3-14(11)2)13(20)16-7-4-15(5-8-16)10-12(18)19/h11H,3-10H2,1-2H3,(H,18,19). The molecule has 7 nitrogen and oxygen atoms in total. The summed E-state index contributed by atoms with van der Waals surface area (Å²) in [5.74, 6) is -0.808. The summed E-state index contributed by atoms with van der Waals surface area (Å²) in [6.45, 7) is 7.16. The molecular weight excluding hydrogens is 260 g/mol. The van der Waals surface area contributed by atoms with Gasteiger partial charge in [0.15, 0.2) is 0 Å². The van der Waals surface area contributed by atoms with Crippen LogP contribution in [0.15, 0.2) is 0 Å². The molecule has 0 aromatic carbocycles. The lowest BCUT2D eigenvalue weighted by atomic mass is 10.2. The summed E-state index contributed by atoms with van der Waals surface area (Å²) in [7, 11) is 2.08. The third-order valence-electron chi connectivity index (χ3n) is 4.23. The molecule has 2 rings (SSSR count). The highest BCUT2D eigenvalue weighted by Gasteiger charge is 2.29. The van der Waals surface area contributed by atoms with E-state index in [0.717, 1.165) is 19.6 Å². The normalized spacial score (nSPS) is 25.8. The van der Waals surface area contributed by atoms with Crippen LogP contribution in [0.25, 0.3) is 0 Å². The first-order valence-electron chi connectivity index (χ1n) is 7.15. The van der Waals surface area contributed by atoms with E-state index >= 15 is 0 Å². The van der Waals surface area contributed by atoms with Crippen molar-refractivity contribution in [1.82, 2.24) is 19.6 Å². The van der Waals surface area contributed by atoms with Crippen molar-refractivity contribution < 1.29 is 14.7 Å². The van der Waals surface area contributed by atoms with Crippen molar-refractivity contribution in [1.29, 1.82) is 0 Å². The number of nitrogens with zero attached hydrogens (tertiary/aromatic N) is 4. The largest absolute Gasteiger partial charge is 0.480 e. The minimum Gasteiger partial charge on any atom is -0.480 e. The van der Waals surface area contributed by atoms with Crippen LogP contribution < -0.4 is 0 Å². The maximum absolute atomic E-state index is 12.4. The highest BCUT2D eigenvalue weighted by atomic mass is 16.4.